The number of rotatable bonds is 2. The molecular formula is C13H17N3O2. The fraction of sp³-hybridized carbons (Fsp3) is 0.385. The molecule has 0 saturated carbocycles. The van der Waals surface area contributed by atoms with Gasteiger partial charge >= 0.3 is 0 Å². The highest BCUT2D eigenvalue weighted by Crippen LogP contribution is 2.27. The van der Waals surface area contributed by atoms with Crippen molar-refractivity contribution in [1.29, 1.82) is 0 Å². The van der Waals surface area contributed by atoms with Crippen molar-refractivity contribution < 1.29 is 9.63 Å². The van der Waals surface area contributed by atoms with Gasteiger partial charge in [-0.15, -0.1) is 0 Å². The SMILES string of the molecule is CC(C)(C)Cc1noc(-c2ccc(N)c(O)c2)n1. The number of aromatic nitrogens is 2. The Morgan fingerprint density at radius 3 is 2.67 bits per heavy atom. The molecule has 0 amide bonds. The van der Waals surface area contributed by atoms with Gasteiger partial charge < -0.3 is 15.4 Å². The van der Waals surface area contributed by atoms with E-state index in [0.29, 0.717) is 23.0 Å². The highest BCUT2D eigenvalue weighted by atomic mass is 16.5. The minimum Gasteiger partial charge on any atom is -0.506 e. The van der Waals surface area contributed by atoms with Crippen molar-refractivity contribution in [2.45, 2.75) is 27.2 Å². The predicted octanol–water partition coefficient (Wildman–Crippen LogP) is 2.61. The van der Waals surface area contributed by atoms with Gasteiger partial charge in [0, 0.05) is 12.0 Å². The Morgan fingerprint density at radius 2 is 2.06 bits per heavy atom. The van der Waals surface area contributed by atoms with Crippen molar-refractivity contribution in [2.24, 2.45) is 5.41 Å². The van der Waals surface area contributed by atoms with Crippen molar-refractivity contribution in [3.8, 4) is 17.2 Å². The quantitative estimate of drug-likeness (QED) is 0.629. The molecule has 2 aromatic rings. The number of nitrogens with two attached hydrogens (primary N) is 1. The molecule has 0 aliphatic heterocycles. The summed E-state index contributed by atoms with van der Waals surface area (Å²) in [6.45, 7) is 6.33. The van der Waals surface area contributed by atoms with Gasteiger partial charge in [0.25, 0.3) is 5.89 Å². The lowest BCUT2D eigenvalue weighted by Crippen LogP contribution is -2.10. The summed E-state index contributed by atoms with van der Waals surface area (Å²) in [5.74, 6) is 1.07. The lowest BCUT2D eigenvalue weighted by Gasteiger charge is -2.14. The van der Waals surface area contributed by atoms with Crippen LogP contribution in [0.2, 0.25) is 0 Å². The van der Waals surface area contributed by atoms with Gasteiger partial charge in [0.2, 0.25) is 0 Å². The molecule has 5 nitrogen and oxygen atoms in total. The summed E-state index contributed by atoms with van der Waals surface area (Å²) in [5.41, 5.74) is 6.63. The Morgan fingerprint density at radius 1 is 1.33 bits per heavy atom. The van der Waals surface area contributed by atoms with Crippen LogP contribution in [0.5, 0.6) is 5.75 Å². The molecule has 5 heteroatoms. The maximum Gasteiger partial charge on any atom is 0.258 e. The summed E-state index contributed by atoms with van der Waals surface area (Å²) in [6.07, 6.45) is 0.734. The van der Waals surface area contributed by atoms with Crippen LogP contribution in [0.25, 0.3) is 11.5 Å². The molecule has 0 saturated heterocycles. The molecule has 0 aliphatic rings. The average Bonchev–Trinajstić information content (AvgIpc) is 2.68. The summed E-state index contributed by atoms with van der Waals surface area (Å²) in [5, 5.41) is 13.5. The molecule has 0 bridgehead atoms. The van der Waals surface area contributed by atoms with E-state index in [1.165, 1.54) is 6.07 Å². The third kappa shape index (κ3) is 2.80. The van der Waals surface area contributed by atoms with Gasteiger partial charge in [-0.2, -0.15) is 4.98 Å². The van der Waals surface area contributed by atoms with E-state index in [9.17, 15) is 5.11 Å². The van der Waals surface area contributed by atoms with Gasteiger partial charge in [0.1, 0.15) is 5.75 Å². The fourth-order valence-electron chi connectivity index (χ4n) is 1.59. The summed E-state index contributed by atoms with van der Waals surface area (Å²) in [7, 11) is 0. The van der Waals surface area contributed by atoms with Gasteiger partial charge in [-0.25, -0.2) is 0 Å². The van der Waals surface area contributed by atoms with Gasteiger partial charge in [-0.3, -0.25) is 0 Å². The van der Waals surface area contributed by atoms with Crippen LogP contribution in [0, 0.1) is 5.41 Å². The standard InChI is InChI=1S/C13H17N3O2/c1-13(2,3)7-11-15-12(18-16-11)8-4-5-9(14)10(17)6-8/h4-6,17H,7,14H2,1-3H3. The monoisotopic (exact) mass is 247 g/mol. The number of nitrogens with zero attached hydrogens (tertiary/aromatic N) is 2. The zero-order valence-corrected chi connectivity index (χ0v) is 10.8. The van der Waals surface area contributed by atoms with Crippen LogP contribution in [0.4, 0.5) is 5.69 Å². The molecule has 18 heavy (non-hydrogen) atoms. The van der Waals surface area contributed by atoms with E-state index < -0.39 is 0 Å². The van der Waals surface area contributed by atoms with E-state index in [-0.39, 0.29) is 11.2 Å². The largest absolute Gasteiger partial charge is 0.506 e. The zero-order valence-electron chi connectivity index (χ0n) is 10.8. The maximum atomic E-state index is 9.54. The molecule has 0 fully saturated rings. The molecule has 0 unspecified atom stereocenters. The third-order valence-corrected chi connectivity index (χ3v) is 2.43. The minimum absolute atomic E-state index is 0.0167. The Hall–Kier alpha value is -2.04. The summed E-state index contributed by atoms with van der Waals surface area (Å²) in [4.78, 5) is 4.31. The smallest absolute Gasteiger partial charge is 0.258 e. The third-order valence-electron chi connectivity index (χ3n) is 2.43. The van der Waals surface area contributed by atoms with Crippen molar-refractivity contribution in [2.75, 3.05) is 5.73 Å². The van der Waals surface area contributed by atoms with Crippen LogP contribution >= 0.6 is 0 Å². The Labute approximate surface area is 106 Å². The normalized spacial score (nSPS) is 11.7. The first-order chi connectivity index (χ1) is 8.35. The topological polar surface area (TPSA) is 85.2 Å². The Bertz CT molecular complexity index is 556. The molecule has 96 valence electrons. The number of anilines is 1. The first kappa shape index (κ1) is 12.4. The van der Waals surface area contributed by atoms with Crippen LogP contribution in [0.15, 0.2) is 22.7 Å². The van der Waals surface area contributed by atoms with Gasteiger partial charge in [-0.1, -0.05) is 25.9 Å². The van der Waals surface area contributed by atoms with Crippen LogP contribution < -0.4 is 5.73 Å². The maximum absolute atomic E-state index is 9.54. The molecule has 0 spiro atoms. The molecule has 1 aromatic heterocycles. The van der Waals surface area contributed by atoms with Crippen molar-refractivity contribution in [1.82, 2.24) is 10.1 Å². The Kier molecular flexibility index (Phi) is 2.98. The second-order valence-electron chi connectivity index (χ2n) is 5.53. The zero-order chi connectivity index (χ0) is 13.3. The summed E-state index contributed by atoms with van der Waals surface area (Å²) in [6, 6.07) is 4.87. The minimum atomic E-state index is 0.0167. The van der Waals surface area contributed by atoms with E-state index in [1.54, 1.807) is 12.1 Å². The van der Waals surface area contributed by atoms with Crippen molar-refractivity contribution >= 4 is 5.69 Å². The number of nitrogen functional groups attached to an aromatic ring is 1. The number of benzene rings is 1. The Balaban J connectivity index is 2.26. The summed E-state index contributed by atoms with van der Waals surface area (Å²) >= 11 is 0. The van der Waals surface area contributed by atoms with Crippen LogP contribution in [-0.4, -0.2) is 15.2 Å². The lowest BCUT2D eigenvalue weighted by molar-refractivity contribution is 0.374. The number of phenols is 1. The average molecular weight is 247 g/mol. The van der Waals surface area contributed by atoms with Gasteiger partial charge in [0.05, 0.1) is 5.69 Å². The number of hydrogen-bond donors (Lipinski definition) is 2. The number of aromatic hydroxyl groups is 1. The molecule has 0 aliphatic carbocycles. The van der Waals surface area contributed by atoms with Crippen LogP contribution in [0.1, 0.15) is 26.6 Å². The van der Waals surface area contributed by atoms with E-state index in [4.69, 9.17) is 10.3 Å². The van der Waals surface area contributed by atoms with Crippen LogP contribution in [0.3, 0.4) is 0 Å². The second-order valence-corrected chi connectivity index (χ2v) is 5.53. The predicted molar refractivity (Wildman–Crippen MR) is 69.0 cm³/mol. The van der Waals surface area contributed by atoms with E-state index >= 15 is 0 Å². The second kappa shape index (κ2) is 4.33. The molecule has 0 radical (unpaired) electrons. The molecule has 1 heterocycles. The van der Waals surface area contributed by atoms with Crippen molar-refractivity contribution in [3.63, 3.8) is 0 Å². The fourth-order valence-corrected chi connectivity index (χ4v) is 1.59. The molecular weight excluding hydrogens is 230 g/mol. The van der Waals surface area contributed by atoms with E-state index in [2.05, 4.69) is 30.9 Å². The van der Waals surface area contributed by atoms with Crippen molar-refractivity contribution in [3.05, 3.63) is 24.0 Å². The summed E-state index contributed by atoms with van der Waals surface area (Å²) < 4.78 is 5.18. The number of phenolic OH excluding ortho intramolecular Hbond substituents is 1. The van der Waals surface area contributed by atoms with Gasteiger partial charge in [-0.05, 0) is 23.6 Å². The highest BCUT2D eigenvalue weighted by molar-refractivity contribution is 5.63. The first-order valence-electron chi connectivity index (χ1n) is 5.76. The van der Waals surface area contributed by atoms with Gasteiger partial charge in [0.15, 0.2) is 5.82 Å². The lowest BCUT2D eigenvalue weighted by atomic mass is 9.92. The first-order valence-corrected chi connectivity index (χ1v) is 5.76. The number of hydrogen-bond acceptors (Lipinski definition) is 5. The molecule has 3 N–H and O–H groups in total. The van der Waals surface area contributed by atoms with E-state index in [1.807, 2.05) is 0 Å². The molecule has 0 atom stereocenters. The molecule has 2 rings (SSSR count). The van der Waals surface area contributed by atoms with Crippen LogP contribution in [-0.2, 0) is 6.42 Å². The highest BCUT2D eigenvalue weighted by Gasteiger charge is 2.17. The molecule has 1 aromatic carbocycles. The van der Waals surface area contributed by atoms with E-state index in [0.717, 1.165) is 6.42 Å².